The third-order valence-corrected chi connectivity index (χ3v) is 5.39. The molecule has 0 bridgehead atoms. The van der Waals surface area contributed by atoms with Gasteiger partial charge < -0.3 is 9.84 Å². The molecule has 2 nitrogen and oxygen atoms in total. The van der Waals surface area contributed by atoms with Crippen molar-refractivity contribution < 1.29 is 9.84 Å². The van der Waals surface area contributed by atoms with Gasteiger partial charge in [-0.2, -0.15) is 0 Å². The number of methoxy groups -OCH3 is 1. The Balaban J connectivity index is 1.82. The van der Waals surface area contributed by atoms with E-state index in [0.29, 0.717) is 6.61 Å². The Kier molecular flexibility index (Phi) is 3.15. The van der Waals surface area contributed by atoms with E-state index < -0.39 is 0 Å². The summed E-state index contributed by atoms with van der Waals surface area (Å²) < 4.78 is 6.41. The van der Waals surface area contributed by atoms with Crippen LogP contribution in [0.3, 0.4) is 0 Å². The summed E-state index contributed by atoms with van der Waals surface area (Å²) in [5.74, 6) is 2.67. The van der Waals surface area contributed by atoms with E-state index in [1.807, 2.05) is 12.1 Å². The van der Waals surface area contributed by atoms with Gasteiger partial charge in [-0.15, -0.1) is 0 Å². The second-order valence-corrected chi connectivity index (χ2v) is 6.81. The first-order chi connectivity index (χ1) is 8.65. The molecule has 0 saturated heterocycles. The van der Waals surface area contributed by atoms with Crippen molar-refractivity contribution in [2.45, 2.75) is 25.7 Å². The standard InChI is InChI=1S/C15H19BrO2/c1-18-13-2-3-14(16)12(5-13)8-15(9-17)6-10-4-11(10)7-15/h2-3,5,10-11,17H,4,6-9H2,1H3. The molecule has 2 atom stereocenters. The number of aliphatic hydroxyl groups excluding tert-OH is 1. The molecule has 0 radical (unpaired) electrons. The number of ether oxygens (including phenoxy) is 1. The van der Waals surface area contributed by atoms with E-state index in [0.717, 1.165) is 28.5 Å². The number of benzene rings is 1. The highest BCUT2D eigenvalue weighted by molar-refractivity contribution is 9.10. The van der Waals surface area contributed by atoms with Gasteiger partial charge in [0.15, 0.2) is 0 Å². The van der Waals surface area contributed by atoms with Gasteiger partial charge in [-0.3, -0.25) is 0 Å². The van der Waals surface area contributed by atoms with Crippen LogP contribution in [0.25, 0.3) is 0 Å². The Morgan fingerprint density at radius 3 is 2.72 bits per heavy atom. The lowest BCUT2D eigenvalue weighted by Gasteiger charge is -2.29. The minimum absolute atomic E-state index is 0.114. The average Bonchev–Trinajstić information content (AvgIpc) is 3.00. The summed E-state index contributed by atoms with van der Waals surface area (Å²) in [6, 6.07) is 6.09. The first-order valence-corrected chi connectivity index (χ1v) is 7.38. The normalized spacial score (nSPS) is 33.3. The average molecular weight is 311 g/mol. The summed E-state index contributed by atoms with van der Waals surface area (Å²) in [4.78, 5) is 0. The number of hydrogen-bond acceptors (Lipinski definition) is 2. The van der Waals surface area contributed by atoms with Crippen LogP contribution in [-0.4, -0.2) is 18.8 Å². The molecular formula is C15H19BrO2. The van der Waals surface area contributed by atoms with Gasteiger partial charge in [-0.25, -0.2) is 0 Å². The van der Waals surface area contributed by atoms with Crippen molar-refractivity contribution in [1.82, 2.24) is 0 Å². The maximum atomic E-state index is 9.79. The first kappa shape index (κ1) is 12.5. The van der Waals surface area contributed by atoms with Crippen LogP contribution in [0.1, 0.15) is 24.8 Å². The molecule has 3 rings (SSSR count). The molecule has 1 aromatic rings. The number of fused-ring (bicyclic) bond motifs is 1. The molecule has 0 aliphatic heterocycles. The molecule has 0 spiro atoms. The smallest absolute Gasteiger partial charge is 0.119 e. The summed E-state index contributed by atoms with van der Waals surface area (Å²) >= 11 is 3.61. The van der Waals surface area contributed by atoms with Crippen LogP contribution in [0, 0.1) is 17.3 Å². The number of aliphatic hydroxyl groups is 1. The molecule has 2 aliphatic carbocycles. The van der Waals surface area contributed by atoms with Crippen molar-refractivity contribution in [3.63, 3.8) is 0 Å². The van der Waals surface area contributed by atoms with Gasteiger partial charge in [-0.05, 0) is 66.7 Å². The predicted molar refractivity (Wildman–Crippen MR) is 74.7 cm³/mol. The summed E-state index contributed by atoms with van der Waals surface area (Å²) in [7, 11) is 1.69. The molecule has 2 fully saturated rings. The maximum absolute atomic E-state index is 9.79. The van der Waals surface area contributed by atoms with Gasteiger partial charge in [0, 0.05) is 11.1 Å². The zero-order valence-corrected chi connectivity index (χ0v) is 12.2. The van der Waals surface area contributed by atoms with Gasteiger partial charge >= 0.3 is 0 Å². The van der Waals surface area contributed by atoms with E-state index >= 15 is 0 Å². The van der Waals surface area contributed by atoms with Crippen molar-refractivity contribution in [3.8, 4) is 5.75 Å². The van der Waals surface area contributed by atoms with Crippen molar-refractivity contribution >= 4 is 15.9 Å². The van der Waals surface area contributed by atoms with Crippen LogP contribution in [0.15, 0.2) is 22.7 Å². The van der Waals surface area contributed by atoms with Crippen LogP contribution in [0.2, 0.25) is 0 Å². The Morgan fingerprint density at radius 1 is 1.39 bits per heavy atom. The molecular weight excluding hydrogens is 292 g/mol. The Morgan fingerprint density at radius 2 is 2.11 bits per heavy atom. The van der Waals surface area contributed by atoms with E-state index in [9.17, 15) is 5.11 Å². The fourth-order valence-electron chi connectivity index (χ4n) is 3.55. The monoisotopic (exact) mass is 310 g/mol. The second kappa shape index (κ2) is 4.53. The number of hydrogen-bond donors (Lipinski definition) is 1. The van der Waals surface area contributed by atoms with Crippen molar-refractivity contribution in [3.05, 3.63) is 28.2 Å². The fourth-order valence-corrected chi connectivity index (χ4v) is 3.94. The fraction of sp³-hybridized carbons (Fsp3) is 0.600. The molecule has 3 heteroatoms. The lowest BCUT2D eigenvalue weighted by molar-refractivity contribution is 0.117. The van der Waals surface area contributed by atoms with E-state index in [1.54, 1.807) is 7.11 Å². The molecule has 0 aromatic heterocycles. The van der Waals surface area contributed by atoms with Crippen molar-refractivity contribution in [2.75, 3.05) is 13.7 Å². The molecule has 1 N–H and O–H groups in total. The maximum Gasteiger partial charge on any atom is 0.119 e. The molecule has 1 aromatic carbocycles. The minimum atomic E-state index is 0.114. The largest absolute Gasteiger partial charge is 0.497 e. The van der Waals surface area contributed by atoms with Gasteiger partial charge in [0.1, 0.15) is 5.75 Å². The first-order valence-electron chi connectivity index (χ1n) is 6.59. The molecule has 0 amide bonds. The van der Waals surface area contributed by atoms with Gasteiger partial charge in [0.2, 0.25) is 0 Å². The molecule has 18 heavy (non-hydrogen) atoms. The van der Waals surface area contributed by atoms with Crippen LogP contribution < -0.4 is 4.74 Å². The highest BCUT2D eigenvalue weighted by Crippen LogP contribution is 2.60. The zero-order chi connectivity index (χ0) is 12.8. The zero-order valence-electron chi connectivity index (χ0n) is 10.7. The summed E-state index contributed by atoms with van der Waals surface area (Å²) in [6.07, 6.45) is 4.73. The molecule has 2 aliphatic rings. The SMILES string of the molecule is COc1ccc(Br)c(CC2(CO)CC3CC3C2)c1. The third kappa shape index (κ3) is 2.19. The molecule has 2 unspecified atom stereocenters. The van der Waals surface area contributed by atoms with Crippen molar-refractivity contribution in [2.24, 2.45) is 17.3 Å². The quantitative estimate of drug-likeness (QED) is 0.923. The van der Waals surface area contributed by atoms with Crippen molar-refractivity contribution in [1.29, 1.82) is 0 Å². The summed E-state index contributed by atoms with van der Waals surface area (Å²) in [5, 5.41) is 9.79. The summed E-state index contributed by atoms with van der Waals surface area (Å²) in [5.41, 5.74) is 1.37. The van der Waals surface area contributed by atoms with Gasteiger partial charge in [-0.1, -0.05) is 15.9 Å². The molecule has 2 saturated carbocycles. The topological polar surface area (TPSA) is 29.5 Å². The van der Waals surface area contributed by atoms with E-state index in [4.69, 9.17) is 4.74 Å². The number of halogens is 1. The lowest BCUT2D eigenvalue weighted by atomic mass is 9.78. The van der Waals surface area contributed by atoms with E-state index in [2.05, 4.69) is 22.0 Å². The van der Waals surface area contributed by atoms with Crippen LogP contribution in [0.4, 0.5) is 0 Å². The predicted octanol–water partition coefficient (Wildman–Crippen LogP) is 3.41. The third-order valence-electron chi connectivity index (χ3n) is 4.61. The molecule has 0 heterocycles. The van der Waals surface area contributed by atoms with Gasteiger partial charge in [0.05, 0.1) is 7.11 Å². The highest BCUT2D eigenvalue weighted by atomic mass is 79.9. The molecule has 98 valence electrons. The van der Waals surface area contributed by atoms with Crippen LogP contribution >= 0.6 is 15.9 Å². The second-order valence-electron chi connectivity index (χ2n) is 5.96. The van der Waals surface area contributed by atoms with Crippen LogP contribution in [-0.2, 0) is 6.42 Å². The summed E-state index contributed by atoms with van der Waals surface area (Å²) in [6.45, 7) is 0.309. The minimum Gasteiger partial charge on any atom is -0.497 e. The van der Waals surface area contributed by atoms with Crippen LogP contribution in [0.5, 0.6) is 5.75 Å². The Hall–Kier alpha value is -0.540. The Labute approximate surface area is 116 Å². The number of rotatable bonds is 4. The van der Waals surface area contributed by atoms with E-state index in [-0.39, 0.29) is 5.41 Å². The van der Waals surface area contributed by atoms with Gasteiger partial charge in [0.25, 0.3) is 0 Å². The van der Waals surface area contributed by atoms with E-state index in [1.165, 1.54) is 24.8 Å². The lowest BCUT2D eigenvalue weighted by Crippen LogP contribution is -2.26. The Bertz CT molecular complexity index is 448. The highest BCUT2D eigenvalue weighted by Gasteiger charge is 2.53.